The van der Waals surface area contributed by atoms with Crippen molar-refractivity contribution in [1.82, 2.24) is 0 Å². The molecule has 0 saturated carbocycles. The van der Waals surface area contributed by atoms with E-state index in [0.717, 1.165) is 0 Å². The summed E-state index contributed by atoms with van der Waals surface area (Å²) < 4.78 is 0. The van der Waals surface area contributed by atoms with Crippen LogP contribution in [0.2, 0.25) is 0 Å². The Bertz CT molecular complexity index is 829. The van der Waals surface area contributed by atoms with E-state index in [9.17, 15) is 0 Å². The van der Waals surface area contributed by atoms with Gasteiger partial charge in [0.2, 0.25) is 0 Å². The van der Waals surface area contributed by atoms with Crippen molar-refractivity contribution in [3.05, 3.63) is 95.6 Å². The number of rotatable bonds is 0. The fourth-order valence-corrected chi connectivity index (χ4v) is 3.04. The van der Waals surface area contributed by atoms with Gasteiger partial charge < -0.3 is 0 Å². The first kappa shape index (κ1) is 15.3. The molecule has 0 nitrogen and oxygen atoms in total. The van der Waals surface area contributed by atoms with E-state index in [0.29, 0.717) is 0 Å². The predicted molar refractivity (Wildman–Crippen MR) is 100 cm³/mol. The Balaban J connectivity index is 0.000000140. The van der Waals surface area contributed by atoms with Crippen LogP contribution in [0.25, 0.3) is 22.3 Å². The molecule has 0 unspecified atom stereocenters. The monoisotopic (exact) mass is 298 g/mol. The summed E-state index contributed by atoms with van der Waals surface area (Å²) in [6, 6.07) is 27.7. The predicted octanol–water partition coefficient (Wildman–Crippen LogP) is 6.51. The van der Waals surface area contributed by atoms with E-state index in [1.165, 1.54) is 38.9 Å². The third-order valence-corrected chi connectivity index (χ3v) is 4.23. The highest BCUT2D eigenvalue weighted by Gasteiger charge is 2.07. The standard InChI is InChI=1S/C13H14.C10H8/c1-9-4-5-10(2)13-11(3)6-7-12(13)8-9;1-2-5-9-7-4-8-10(9)6-3-1/h4-8H,1-3H3;1-8H. The number of hydrogen-bond acceptors (Lipinski definition) is 0. The van der Waals surface area contributed by atoms with E-state index < -0.39 is 0 Å². The lowest BCUT2D eigenvalue weighted by molar-refractivity contribution is 1.45. The topological polar surface area (TPSA) is 0 Å². The van der Waals surface area contributed by atoms with Crippen molar-refractivity contribution in [1.29, 1.82) is 0 Å². The highest BCUT2D eigenvalue weighted by molar-refractivity contribution is 5.73. The van der Waals surface area contributed by atoms with Crippen LogP contribution in [-0.4, -0.2) is 0 Å². The summed E-state index contributed by atoms with van der Waals surface area (Å²) in [7, 11) is 0. The second-order valence-electron chi connectivity index (χ2n) is 6.10. The maximum Gasteiger partial charge on any atom is -0.0125 e. The third-order valence-electron chi connectivity index (χ3n) is 4.23. The minimum Gasteiger partial charge on any atom is -0.0622 e. The molecule has 4 aliphatic carbocycles. The lowest BCUT2D eigenvalue weighted by Crippen LogP contribution is -1.76. The summed E-state index contributed by atoms with van der Waals surface area (Å²) in [5.74, 6) is 0. The smallest absolute Gasteiger partial charge is 0.0125 e. The van der Waals surface area contributed by atoms with Crippen molar-refractivity contribution in [2.24, 2.45) is 0 Å². The molecule has 0 fully saturated rings. The zero-order valence-electron chi connectivity index (χ0n) is 14.0. The Morgan fingerprint density at radius 2 is 1.04 bits per heavy atom. The van der Waals surface area contributed by atoms with E-state index in [2.05, 4.69) is 93.6 Å². The van der Waals surface area contributed by atoms with Gasteiger partial charge in [-0.25, -0.2) is 0 Å². The summed E-state index contributed by atoms with van der Waals surface area (Å²) in [6.45, 7) is 6.49. The van der Waals surface area contributed by atoms with Crippen LogP contribution in [0.3, 0.4) is 0 Å². The van der Waals surface area contributed by atoms with Crippen LogP contribution in [0.5, 0.6) is 0 Å². The average molecular weight is 298 g/mol. The maximum absolute atomic E-state index is 2.25. The summed E-state index contributed by atoms with van der Waals surface area (Å²) in [4.78, 5) is 0. The Labute approximate surface area is 139 Å². The molecule has 0 aromatic rings. The molecule has 0 N–H and O–H groups in total. The van der Waals surface area contributed by atoms with Gasteiger partial charge in [0.15, 0.2) is 0 Å². The van der Waals surface area contributed by atoms with Crippen molar-refractivity contribution in [2.75, 3.05) is 0 Å². The average Bonchev–Trinajstić information content (AvgIpc) is 3.01. The highest BCUT2D eigenvalue weighted by atomic mass is 14.1. The second-order valence-corrected chi connectivity index (χ2v) is 6.10. The Hall–Kier alpha value is -2.60. The maximum atomic E-state index is 2.25. The summed E-state index contributed by atoms with van der Waals surface area (Å²) in [6.07, 6.45) is 0. The molecule has 4 rings (SSSR count). The number of aryl methyl sites for hydroxylation is 3. The third kappa shape index (κ3) is 3.43. The molecule has 0 aliphatic heterocycles. The van der Waals surface area contributed by atoms with Crippen molar-refractivity contribution in [3.8, 4) is 22.3 Å². The van der Waals surface area contributed by atoms with Crippen LogP contribution >= 0.6 is 0 Å². The van der Waals surface area contributed by atoms with Crippen LogP contribution in [0.4, 0.5) is 0 Å². The van der Waals surface area contributed by atoms with Gasteiger partial charge in [0.1, 0.15) is 0 Å². The van der Waals surface area contributed by atoms with Gasteiger partial charge in [0.05, 0.1) is 0 Å². The van der Waals surface area contributed by atoms with Crippen LogP contribution in [0.15, 0.2) is 78.9 Å². The Morgan fingerprint density at radius 3 is 1.70 bits per heavy atom. The molecule has 0 heterocycles. The zero-order chi connectivity index (χ0) is 16.2. The number of fused-ring (bicyclic) bond motifs is 2. The minimum atomic E-state index is 1.31. The normalized spacial score (nSPS) is 10.4. The summed E-state index contributed by atoms with van der Waals surface area (Å²) in [5, 5.41) is 0. The van der Waals surface area contributed by atoms with Gasteiger partial charge in [-0.1, -0.05) is 84.4 Å². The molecule has 0 spiro atoms. The molecule has 0 bridgehead atoms. The first-order valence-corrected chi connectivity index (χ1v) is 8.05. The lowest BCUT2D eigenvalue weighted by Gasteiger charge is -1.98. The SMILES string of the molecule is Cc1ccc(C)c2c(C)ccc-2c1.c1ccc2cccc-2cc1. The van der Waals surface area contributed by atoms with Gasteiger partial charge in [-0.2, -0.15) is 0 Å². The fourth-order valence-electron chi connectivity index (χ4n) is 3.04. The number of hydrogen-bond donors (Lipinski definition) is 0. The molecule has 114 valence electrons. The van der Waals surface area contributed by atoms with Crippen molar-refractivity contribution < 1.29 is 0 Å². The quantitative estimate of drug-likeness (QED) is 0.347. The fraction of sp³-hybridized carbons (Fsp3) is 0.130. The van der Waals surface area contributed by atoms with Crippen molar-refractivity contribution in [2.45, 2.75) is 20.8 Å². The van der Waals surface area contributed by atoms with E-state index in [-0.39, 0.29) is 0 Å². The molecular formula is C23H22. The van der Waals surface area contributed by atoms with Crippen LogP contribution in [0, 0.1) is 20.8 Å². The highest BCUT2D eigenvalue weighted by Crippen LogP contribution is 2.30. The minimum absolute atomic E-state index is 1.31. The van der Waals surface area contributed by atoms with Crippen molar-refractivity contribution in [3.63, 3.8) is 0 Å². The molecule has 0 saturated heterocycles. The molecule has 0 atom stereocenters. The molecule has 0 aromatic carbocycles. The van der Waals surface area contributed by atoms with E-state index >= 15 is 0 Å². The van der Waals surface area contributed by atoms with Gasteiger partial charge in [-0.05, 0) is 54.2 Å². The first-order valence-electron chi connectivity index (χ1n) is 8.05. The zero-order valence-corrected chi connectivity index (χ0v) is 14.0. The van der Waals surface area contributed by atoms with Gasteiger partial charge in [-0.3, -0.25) is 0 Å². The molecule has 0 heteroatoms. The molecule has 0 amide bonds. The molecule has 23 heavy (non-hydrogen) atoms. The first-order chi connectivity index (χ1) is 11.1. The molecular weight excluding hydrogens is 276 g/mol. The summed E-state index contributed by atoms with van der Waals surface area (Å²) in [5.41, 5.74) is 9.46. The van der Waals surface area contributed by atoms with Gasteiger partial charge >= 0.3 is 0 Å². The Morgan fingerprint density at radius 1 is 0.478 bits per heavy atom. The summed E-state index contributed by atoms with van der Waals surface area (Å²) >= 11 is 0. The van der Waals surface area contributed by atoms with Crippen LogP contribution in [0.1, 0.15) is 16.7 Å². The largest absolute Gasteiger partial charge is 0.0622 e. The molecule has 4 aliphatic rings. The Kier molecular flexibility index (Phi) is 4.43. The van der Waals surface area contributed by atoms with Gasteiger partial charge in [0, 0.05) is 0 Å². The van der Waals surface area contributed by atoms with Gasteiger partial charge in [0.25, 0.3) is 0 Å². The molecule has 0 aromatic heterocycles. The molecule has 0 radical (unpaired) electrons. The second kappa shape index (κ2) is 6.66. The lowest BCUT2D eigenvalue weighted by atomic mass is 10.1. The van der Waals surface area contributed by atoms with Gasteiger partial charge in [-0.15, -0.1) is 0 Å². The van der Waals surface area contributed by atoms with Crippen LogP contribution in [-0.2, 0) is 0 Å². The van der Waals surface area contributed by atoms with E-state index in [4.69, 9.17) is 0 Å². The van der Waals surface area contributed by atoms with Crippen molar-refractivity contribution >= 4 is 0 Å². The van der Waals surface area contributed by atoms with Crippen LogP contribution < -0.4 is 0 Å². The van der Waals surface area contributed by atoms with E-state index in [1.807, 2.05) is 6.07 Å². The van der Waals surface area contributed by atoms with E-state index in [1.54, 1.807) is 0 Å².